The highest BCUT2D eigenvalue weighted by molar-refractivity contribution is 7.93. The van der Waals surface area contributed by atoms with Gasteiger partial charge < -0.3 is 14.4 Å². The summed E-state index contributed by atoms with van der Waals surface area (Å²) in [4.78, 5) is 35.6. The zero-order valence-corrected chi connectivity index (χ0v) is 34.2. The molecule has 1 fully saturated rings. The van der Waals surface area contributed by atoms with E-state index in [9.17, 15) is 13.2 Å². The summed E-state index contributed by atoms with van der Waals surface area (Å²) in [6, 6.07) is 27.3. The van der Waals surface area contributed by atoms with Gasteiger partial charge in [-0.05, 0) is 88.1 Å². The Labute approximate surface area is 334 Å². The first-order valence-corrected chi connectivity index (χ1v) is 22.7. The van der Waals surface area contributed by atoms with Gasteiger partial charge in [-0.2, -0.15) is 0 Å². The fourth-order valence-electron chi connectivity index (χ4n) is 9.50. The first-order chi connectivity index (χ1) is 27.4. The molecule has 0 N–H and O–H groups in total. The number of sulfone groups is 2. The minimum absolute atomic E-state index is 0.000387. The number of fused-ring (bicyclic) bond motifs is 5. The minimum atomic E-state index is -4.46. The number of hydrogen-bond acceptors (Lipinski definition) is 9. The van der Waals surface area contributed by atoms with Gasteiger partial charge in [-0.15, -0.1) is 0 Å². The topological polar surface area (TPSA) is 131 Å². The average molecular weight is 810 g/mol. The molecular weight excluding hydrogens is 763 g/mol. The van der Waals surface area contributed by atoms with Crippen LogP contribution in [0.3, 0.4) is 0 Å². The van der Waals surface area contributed by atoms with Crippen LogP contribution in [0.25, 0.3) is 0 Å². The largest absolute Gasteiger partial charge is 0.361 e. The molecule has 2 amide bonds. The summed E-state index contributed by atoms with van der Waals surface area (Å²) < 4.78 is 72.4. The Morgan fingerprint density at radius 1 is 0.737 bits per heavy atom. The van der Waals surface area contributed by atoms with E-state index in [1.54, 1.807) is 41.3 Å². The maximum Gasteiger partial charge on any atom is 0.259 e. The molecule has 4 aromatic rings. The molecule has 4 heterocycles. The predicted molar refractivity (Wildman–Crippen MR) is 217 cm³/mol. The highest BCUT2D eigenvalue weighted by atomic mass is 32.2. The molecule has 4 aromatic carbocycles. The summed E-state index contributed by atoms with van der Waals surface area (Å²) >= 11 is 0. The monoisotopic (exact) mass is 809 g/mol. The Kier molecular flexibility index (Phi) is 10.2. The summed E-state index contributed by atoms with van der Waals surface area (Å²) in [7, 11) is -8.68. The van der Waals surface area contributed by atoms with Crippen LogP contribution in [0.1, 0.15) is 54.9 Å². The molecule has 11 nitrogen and oxygen atoms in total. The molecule has 57 heavy (non-hydrogen) atoms. The fourth-order valence-corrected chi connectivity index (χ4v) is 13.4. The van der Waals surface area contributed by atoms with Gasteiger partial charge in [0.05, 0.1) is 32.8 Å². The van der Waals surface area contributed by atoms with Gasteiger partial charge in [0.2, 0.25) is 5.91 Å². The number of ether oxygens (including phenoxy) is 2. The number of benzene rings is 4. The van der Waals surface area contributed by atoms with E-state index in [1.807, 2.05) is 69.0 Å². The number of carbonyl (C=O) groups is 2. The second-order valence-corrected chi connectivity index (χ2v) is 19.3. The van der Waals surface area contributed by atoms with Crippen LogP contribution in [0.4, 0.5) is 11.4 Å². The molecule has 0 saturated carbocycles. The van der Waals surface area contributed by atoms with Crippen molar-refractivity contribution in [2.24, 2.45) is 5.92 Å². The summed E-state index contributed by atoms with van der Waals surface area (Å²) in [6.45, 7) is 8.37. The van der Waals surface area contributed by atoms with E-state index in [2.05, 4.69) is 0 Å². The predicted octanol–water partition coefficient (Wildman–Crippen LogP) is 6.26. The Hall–Kier alpha value is -4.82. The van der Waals surface area contributed by atoms with Crippen LogP contribution in [-0.2, 0) is 44.3 Å². The van der Waals surface area contributed by atoms with E-state index in [0.29, 0.717) is 54.3 Å². The molecule has 4 aliphatic rings. The standard InChI is InChI=1S/C44H47N3O8S2/c1-5-54-27-45-37-21-19-29(3)24-34(37)39(42(45)48)33-18-13-23-47-40(33)41(57(52,53)32-16-11-8-12-17-32)36(26-56(50,51)31-14-9-7-10-15-31)44(47)35-25-30(4)20-22-38(35)46(43(44)49)28-55-6-2/h7-12,14-17,19-22,24-25,36,39,41H,5-6,13,18,23,26-28H2,1-4H3/t36-,39-,41-,44+/m0/s1. The van der Waals surface area contributed by atoms with Gasteiger partial charge >= 0.3 is 0 Å². The molecule has 1 saturated heterocycles. The van der Waals surface area contributed by atoms with Gasteiger partial charge in [-0.25, -0.2) is 16.8 Å². The number of anilines is 2. The molecule has 298 valence electrons. The van der Waals surface area contributed by atoms with Gasteiger partial charge in [0.25, 0.3) is 5.91 Å². The number of hydrogen-bond donors (Lipinski definition) is 0. The van der Waals surface area contributed by atoms with E-state index in [-0.39, 0.29) is 35.7 Å². The zero-order chi connectivity index (χ0) is 40.3. The van der Waals surface area contributed by atoms with Crippen molar-refractivity contribution in [3.8, 4) is 0 Å². The lowest BCUT2D eigenvalue weighted by molar-refractivity contribution is -0.131. The van der Waals surface area contributed by atoms with Crippen molar-refractivity contribution in [2.75, 3.05) is 48.8 Å². The zero-order valence-electron chi connectivity index (χ0n) is 32.6. The third-order valence-electron chi connectivity index (χ3n) is 11.9. The van der Waals surface area contributed by atoms with Crippen LogP contribution in [-0.4, -0.2) is 77.8 Å². The number of amides is 2. The summed E-state index contributed by atoms with van der Waals surface area (Å²) in [5.41, 5.74) is 3.32. The Balaban J connectivity index is 1.47. The second-order valence-electron chi connectivity index (χ2n) is 15.2. The van der Waals surface area contributed by atoms with Crippen LogP contribution in [0, 0.1) is 19.8 Å². The van der Waals surface area contributed by atoms with Crippen LogP contribution < -0.4 is 9.80 Å². The van der Waals surface area contributed by atoms with Crippen molar-refractivity contribution >= 4 is 42.9 Å². The maximum absolute atomic E-state index is 15.7. The van der Waals surface area contributed by atoms with Crippen molar-refractivity contribution in [2.45, 2.75) is 67.0 Å². The Morgan fingerprint density at radius 2 is 1.33 bits per heavy atom. The first kappa shape index (κ1) is 39.0. The van der Waals surface area contributed by atoms with Crippen molar-refractivity contribution in [3.63, 3.8) is 0 Å². The van der Waals surface area contributed by atoms with Crippen molar-refractivity contribution in [1.82, 2.24) is 4.90 Å². The quantitative estimate of drug-likeness (QED) is 0.163. The number of rotatable bonds is 12. The number of aryl methyl sites for hydroxylation is 2. The second kappa shape index (κ2) is 14.8. The average Bonchev–Trinajstić information content (AvgIpc) is 3.75. The minimum Gasteiger partial charge on any atom is -0.361 e. The van der Waals surface area contributed by atoms with Crippen LogP contribution in [0.5, 0.6) is 0 Å². The summed E-state index contributed by atoms with van der Waals surface area (Å²) in [5, 5.41) is -1.53. The van der Waals surface area contributed by atoms with Crippen LogP contribution in [0.2, 0.25) is 0 Å². The molecule has 4 atom stereocenters. The molecule has 4 aliphatic heterocycles. The maximum atomic E-state index is 15.7. The normalized spacial score (nSPS) is 23.1. The van der Waals surface area contributed by atoms with Crippen LogP contribution in [0.15, 0.2) is 118 Å². The third-order valence-corrected chi connectivity index (χ3v) is 15.8. The van der Waals surface area contributed by atoms with Gasteiger partial charge in [0, 0.05) is 36.9 Å². The van der Waals surface area contributed by atoms with Gasteiger partial charge in [0.1, 0.15) is 18.7 Å². The fraction of sp³-hybridized carbons (Fsp3) is 0.364. The Bertz CT molecular complexity index is 2490. The molecule has 1 spiro atoms. The van der Waals surface area contributed by atoms with Gasteiger partial charge in [0.15, 0.2) is 25.2 Å². The molecule has 0 aliphatic carbocycles. The lowest BCUT2D eigenvalue weighted by Crippen LogP contribution is -2.55. The smallest absolute Gasteiger partial charge is 0.259 e. The van der Waals surface area contributed by atoms with Crippen molar-refractivity contribution < 1.29 is 35.9 Å². The van der Waals surface area contributed by atoms with E-state index in [0.717, 1.165) is 16.7 Å². The summed E-state index contributed by atoms with van der Waals surface area (Å²) in [5.74, 6) is -3.61. The number of carbonyl (C=O) groups excluding carboxylic acids is 2. The molecule has 13 heteroatoms. The first-order valence-electron chi connectivity index (χ1n) is 19.5. The number of nitrogens with zero attached hydrogens (tertiary/aromatic N) is 3. The van der Waals surface area contributed by atoms with Crippen molar-refractivity contribution in [3.05, 3.63) is 131 Å². The lowest BCUT2D eigenvalue weighted by Gasteiger charge is -2.42. The van der Waals surface area contributed by atoms with Gasteiger partial charge in [-0.3, -0.25) is 19.4 Å². The SMILES string of the molecule is CCOCN1C(=O)[C@@H](C2=C3[C@@H](S(=O)(=O)c4ccccc4)[C@H](CS(=O)(=O)c4ccccc4)[C@]4(C(=O)N(COCC)c5ccc(C)cc54)N3CCC2)c2cc(C)ccc21. The Morgan fingerprint density at radius 3 is 1.98 bits per heavy atom. The molecule has 0 aromatic heterocycles. The van der Waals surface area contributed by atoms with E-state index in [4.69, 9.17) is 9.47 Å². The van der Waals surface area contributed by atoms with Crippen LogP contribution >= 0.6 is 0 Å². The van der Waals surface area contributed by atoms with Gasteiger partial charge in [-0.1, -0.05) is 71.8 Å². The highest BCUT2D eigenvalue weighted by Crippen LogP contribution is 2.62. The van der Waals surface area contributed by atoms with E-state index in [1.165, 1.54) is 29.2 Å². The van der Waals surface area contributed by atoms with E-state index < -0.39 is 54.0 Å². The summed E-state index contributed by atoms with van der Waals surface area (Å²) in [6.07, 6.45) is 0.859. The molecule has 8 rings (SSSR count). The van der Waals surface area contributed by atoms with Crippen molar-refractivity contribution in [1.29, 1.82) is 0 Å². The molecule has 0 unspecified atom stereocenters. The molecule has 0 bridgehead atoms. The highest BCUT2D eigenvalue weighted by Gasteiger charge is 2.70. The third kappa shape index (κ3) is 6.12. The molecular formula is C44H47N3O8S2. The van der Waals surface area contributed by atoms with E-state index >= 15 is 13.2 Å². The molecule has 0 radical (unpaired) electrons. The lowest BCUT2D eigenvalue weighted by atomic mass is 9.79.